The lowest BCUT2D eigenvalue weighted by molar-refractivity contribution is 0.233. The molecule has 0 unspecified atom stereocenters. The first-order chi connectivity index (χ1) is 9.00. The summed E-state index contributed by atoms with van der Waals surface area (Å²) in [7, 11) is -0.226. The Labute approximate surface area is 127 Å². The molecule has 114 valence electrons. The molecule has 1 aliphatic rings. The Morgan fingerprint density at radius 1 is 1.15 bits per heavy atom. The van der Waals surface area contributed by atoms with E-state index in [2.05, 4.69) is 10.2 Å². The largest absolute Gasteiger partial charge is 0.314 e. The number of nitrogens with one attached hydrogen (secondary N) is 1. The van der Waals surface area contributed by atoms with Gasteiger partial charge >= 0.3 is 0 Å². The second-order valence-electron chi connectivity index (χ2n) is 4.96. The molecule has 1 fully saturated rings. The first-order valence-electron chi connectivity index (χ1n) is 6.45. The van der Waals surface area contributed by atoms with Gasteiger partial charge in [-0.1, -0.05) is 12.1 Å². The summed E-state index contributed by atoms with van der Waals surface area (Å²) in [5, 5.41) is 3.32. The van der Waals surface area contributed by atoms with Crippen molar-refractivity contribution >= 4 is 22.4 Å². The Morgan fingerprint density at radius 2 is 1.70 bits per heavy atom. The summed E-state index contributed by atoms with van der Waals surface area (Å²) in [6.45, 7) is 5.00. The van der Waals surface area contributed by atoms with Crippen LogP contribution < -0.4 is 5.32 Å². The summed E-state index contributed by atoms with van der Waals surface area (Å²) in [5.74, 6) is 0. The Hall–Kier alpha value is -0.660. The van der Waals surface area contributed by atoms with Crippen molar-refractivity contribution in [2.24, 2.45) is 0 Å². The van der Waals surface area contributed by atoms with Crippen molar-refractivity contribution in [1.82, 2.24) is 14.5 Å². The minimum atomic E-state index is -3.32. The lowest BCUT2D eigenvalue weighted by Gasteiger charge is -2.27. The first kappa shape index (κ1) is 17.4. The number of halogens is 1. The maximum absolute atomic E-state index is 11.9. The summed E-state index contributed by atoms with van der Waals surface area (Å²) in [6.07, 6.45) is 0. The Kier molecular flexibility index (Phi) is 6.42. The van der Waals surface area contributed by atoms with Crippen molar-refractivity contribution < 1.29 is 8.42 Å². The van der Waals surface area contributed by atoms with Gasteiger partial charge < -0.3 is 5.32 Å². The van der Waals surface area contributed by atoms with Crippen molar-refractivity contribution in [3.8, 4) is 0 Å². The average molecular weight is 320 g/mol. The number of hydrogen-bond acceptors (Lipinski definition) is 4. The zero-order chi connectivity index (χ0) is 13.9. The molecule has 0 atom stereocenters. The van der Waals surface area contributed by atoms with Crippen LogP contribution in [0.2, 0.25) is 0 Å². The van der Waals surface area contributed by atoms with E-state index in [1.165, 1.54) is 4.31 Å². The lowest BCUT2D eigenvalue weighted by Crippen LogP contribution is -2.42. The monoisotopic (exact) mass is 319 g/mol. The molecular formula is C13H22ClN3O2S. The van der Waals surface area contributed by atoms with Crippen LogP contribution in [0.4, 0.5) is 0 Å². The van der Waals surface area contributed by atoms with Gasteiger partial charge in [0.15, 0.2) is 0 Å². The molecule has 0 bridgehead atoms. The van der Waals surface area contributed by atoms with E-state index in [0.717, 1.165) is 38.3 Å². The molecule has 20 heavy (non-hydrogen) atoms. The fourth-order valence-electron chi connectivity index (χ4n) is 2.11. The van der Waals surface area contributed by atoms with Crippen LogP contribution in [0.25, 0.3) is 0 Å². The second-order valence-corrected chi connectivity index (χ2v) is 7.11. The van der Waals surface area contributed by atoms with E-state index in [1.54, 1.807) is 26.2 Å². The van der Waals surface area contributed by atoms with Gasteiger partial charge in [0.1, 0.15) is 0 Å². The van der Waals surface area contributed by atoms with E-state index in [1.807, 2.05) is 12.1 Å². The quantitative estimate of drug-likeness (QED) is 0.890. The van der Waals surface area contributed by atoms with E-state index in [-0.39, 0.29) is 12.4 Å². The van der Waals surface area contributed by atoms with Crippen molar-refractivity contribution in [2.75, 3.05) is 40.3 Å². The van der Waals surface area contributed by atoms with Crippen LogP contribution in [0.15, 0.2) is 29.2 Å². The van der Waals surface area contributed by atoms with Crippen LogP contribution in [0.5, 0.6) is 0 Å². The van der Waals surface area contributed by atoms with Gasteiger partial charge in [-0.05, 0) is 17.7 Å². The number of rotatable bonds is 4. The van der Waals surface area contributed by atoms with E-state index in [0.29, 0.717) is 4.90 Å². The highest BCUT2D eigenvalue weighted by molar-refractivity contribution is 7.89. The zero-order valence-electron chi connectivity index (χ0n) is 11.9. The fourth-order valence-corrected chi connectivity index (χ4v) is 3.01. The zero-order valence-corrected chi connectivity index (χ0v) is 13.5. The molecule has 1 aromatic carbocycles. The van der Waals surface area contributed by atoms with Gasteiger partial charge in [0.2, 0.25) is 10.0 Å². The molecule has 0 spiro atoms. The van der Waals surface area contributed by atoms with Crippen LogP contribution in [-0.4, -0.2) is 57.9 Å². The number of sulfonamides is 1. The molecule has 2 rings (SSSR count). The topological polar surface area (TPSA) is 52.7 Å². The molecule has 1 aliphatic heterocycles. The molecule has 1 N–H and O–H groups in total. The number of nitrogens with zero attached hydrogens (tertiary/aromatic N) is 2. The highest BCUT2D eigenvalue weighted by Crippen LogP contribution is 2.15. The van der Waals surface area contributed by atoms with Crippen molar-refractivity contribution in [3.63, 3.8) is 0 Å². The lowest BCUT2D eigenvalue weighted by atomic mass is 10.2. The average Bonchev–Trinajstić information content (AvgIpc) is 2.40. The van der Waals surface area contributed by atoms with Crippen molar-refractivity contribution in [3.05, 3.63) is 29.8 Å². The predicted molar refractivity (Wildman–Crippen MR) is 82.7 cm³/mol. The number of benzene rings is 1. The van der Waals surface area contributed by atoms with Gasteiger partial charge in [0.05, 0.1) is 4.90 Å². The van der Waals surface area contributed by atoms with Gasteiger partial charge in [0.25, 0.3) is 0 Å². The summed E-state index contributed by atoms with van der Waals surface area (Å²) in [6, 6.07) is 7.18. The van der Waals surface area contributed by atoms with Gasteiger partial charge in [-0.3, -0.25) is 4.90 Å². The highest BCUT2D eigenvalue weighted by Gasteiger charge is 2.17. The number of hydrogen-bond donors (Lipinski definition) is 1. The fraction of sp³-hybridized carbons (Fsp3) is 0.538. The molecule has 5 nitrogen and oxygen atoms in total. The Bertz CT molecular complexity index is 511. The van der Waals surface area contributed by atoms with E-state index in [9.17, 15) is 8.42 Å². The van der Waals surface area contributed by atoms with Crippen LogP contribution in [0, 0.1) is 0 Å². The van der Waals surface area contributed by atoms with Gasteiger partial charge in [-0.25, -0.2) is 12.7 Å². The third-order valence-corrected chi connectivity index (χ3v) is 5.15. The third-order valence-electron chi connectivity index (χ3n) is 3.32. The maximum Gasteiger partial charge on any atom is 0.242 e. The van der Waals surface area contributed by atoms with E-state index in [4.69, 9.17) is 0 Å². The number of piperazine rings is 1. The molecule has 7 heteroatoms. The van der Waals surface area contributed by atoms with E-state index < -0.39 is 10.0 Å². The van der Waals surface area contributed by atoms with Gasteiger partial charge in [-0.2, -0.15) is 0 Å². The SMILES string of the molecule is CN(C)S(=O)(=O)c1ccc(CN2CCNCC2)cc1.Cl. The molecule has 0 aromatic heterocycles. The summed E-state index contributed by atoms with van der Waals surface area (Å²) >= 11 is 0. The minimum absolute atomic E-state index is 0. The Balaban J connectivity index is 0.00000200. The van der Waals surface area contributed by atoms with Crippen molar-refractivity contribution in [1.29, 1.82) is 0 Å². The summed E-state index contributed by atoms with van der Waals surface area (Å²) in [5.41, 5.74) is 1.15. The highest BCUT2D eigenvalue weighted by atomic mass is 35.5. The summed E-state index contributed by atoms with van der Waals surface area (Å²) < 4.78 is 25.1. The van der Waals surface area contributed by atoms with Crippen LogP contribution in [0.3, 0.4) is 0 Å². The first-order valence-corrected chi connectivity index (χ1v) is 7.89. The molecule has 1 heterocycles. The second kappa shape index (κ2) is 7.38. The molecule has 0 amide bonds. The molecule has 0 radical (unpaired) electrons. The smallest absolute Gasteiger partial charge is 0.242 e. The molecule has 0 aliphatic carbocycles. The van der Waals surface area contributed by atoms with Crippen LogP contribution in [-0.2, 0) is 16.6 Å². The van der Waals surface area contributed by atoms with Crippen LogP contribution in [0.1, 0.15) is 5.56 Å². The maximum atomic E-state index is 11.9. The van der Waals surface area contributed by atoms with Gasteiger partial charge in [-0.15, -0.1) is 12.4 Å². The Morgan fingerprint density at radius 3 is 2.20 bits per heavy atom. The molecule has 1 aromatic rings. The molecule has 0 saturated carbocycles. The predicted octanol–water partition coefficient (Wildman–Crippen LogP) is 0.764. The van der Waals surface area contributed by atoms with E-state index >= 15 is 0 Å². The van der Waals surface area contributed by atoms with Crippen molar-refractivity contribution in [2.45, 2.75) is 11.4 Å². The third kappa shape index (κ3) is 4.17. The normalized spacial score (nSPS) is 16.9. The molecular weight excluding hydrogens is 298 g/mol. The molecule has 1 saturated heterocycles. The summed E-state index contributed by atoms with van der Waals surface area (Å²) in [4.78, 5) is 2.72. The standard InChI is InChI=1S/C13H21N3O2S.ClH/c1-15(2)19(17,18)13-5-3-12(4-6-13)11-16-9-7-14-8-10-16;/h3-6,14H,7-11H2,1-2H3;1H. The van der Waals surface area contributed by atoms with Gasteiger partial charge in [0, 0.05) is 46.8 Å². The minimum Gasteiger partial charge on any atom is -0.314 e. The van der Waals surface area contributed by atoms with Crippen LogP contribution >= 0.6 is 12.4 Å².